The summed E-state index contributed by atoms with van der Waals surface area (Å²) in [7, 11) is 0. The van der Waals surface area contributed by atoms with Gasteiger partial charge in [-0.3, -0.25) is 0 Å². The van der Waals surface area contributed by atoms with Gasteiger partial charge in [-0.1, -0.05) is 39.5 Å². The molecule has 0 amide bonds. The zero-order chi connectivity index (χ0) is 13.0. The minimum Gasteiger partial charge on any atom is -0.302 e. The maximum atomic E-state index is 4.71. The minimum absolute atomic E-state index is 0.533. The normalized spacial score (nSPS) is 29.7. The van der Waals surface area contributed by atoms with E-state index in [0.717, 1.165) is 17.6 Å². The summed E-state index contributed by atoms with van der Waals surface area (Å²) in [4.78, 5) is 2.74. The van der Waals surface area contributed by atoms with Gasteiger partial charge in [0, 0.05) is 13.1 Å². The number of nitrogens with zero attached hydrogens (tertiary/aromatic N) is 1. The predicted molar refractivity (Wildman–Crippen MR) is 83.4 cm³/mol. The highest BCUT2D eigenvalue weighted by atomic mass is 32.1. The lowest BCUT2D eigenvalue weighted by Crippen LogP contribution is -2.38. The fourth-order valence-electron chi connectivity index (χ4n) is 3.87. The molecule has 2 heteroatoms. The van der Waals surface area contributed by atoms with Crippen molar-refractivity contribution < 1.29 is 0 Å². The van der Waals surface area contributed by atoms with Gasteiger partial charge in [-0.15, -0.1) is 0 Å². The lowest BCUT2D eigenvalue weighted by atomic mass is 9.81. The molecule has 0 aromatic heterocycles. The second kappa shape index (κ2) is 6.65. The fourth-order valence-corrected chi connectivity index (χ4v) is 4.29. The molecular formula is C16H31NS. The fraction of sp³-hybridized carbons (Fsp3) is 1.00. The smallest absolute Gasteiger partial charge is 0.00459 e. The van der Waals surface area contributed by atoms with Crippen LogP contribution in [0.5, 0.6) is 0 Å². The van der Waals surface area contributed by atoms with Gasteiger partial charge in [-0.05, 0) is 48.8 Å². The highest BCUT2D eigenvalue weighted by Crippen LogP contribution is 2.38. The Morgan fingerprint density at radius 3 is 2.33 bits per heavy atom. The molecule has 0 aromatic rings. The number of hydrogen-bond acceptors (Lipinski definition) is 2. The van der Waals surface area contributed by atoms with Gasteiger partial charge < -0.3 is 4.90 Å². The summed E-state index contributed by atoms with van der Waals surface area (Å²) in [6, 6.07) is 0. The monoisotopic (exact) mass is 269 g/mol. The van der Waals surface area contributed by atoms with Gasteiger partial charge in [0.1, 0.15) is 0 Å². The lowest BCUT2D eigenvalue weighted by Gasteiger charge is -2.35. The van der Waals surface area contributed by atoms with Crippen LogP contribution in [0.3, 0.4) is 0 Å². The minimum atomic E-state index is 0.533. The van der Waals surface area contributed by atoms with Crippen molar-refractivity contribution in [3.8, 4) is 0 Å². The van der Waals surface area contributed by atoms with E-state index in [-0.39, 0.29) is 0 Å². The van der Waals surface area contributed by atoms with Crippen LogP contribution in [0.25, 0.3) is 0 Å². The van der Waals surface area contributed by atoms with Crippen LogP contribution in [-0.4, -0.2) is 30.3 Å². The van der Waals surface area contributed by atoms with E-state index in [4.69, 9.17) is 12.6 Å². The molecule has 0 aromatic carbocycles. The number of likely N-dealkylation sites (tertiary alicyclic amines) is 1. The molecule has 1 aliphatic heterocycles. The number of thiol groups is 1. The van der Waals surface area contributed by atoms with E-state index in [1.807, 2.05) is 0 Å². The first-order chi connectivity index (χ1) is 8.65. The van der Waals surface area contributed by atoms with Crippen molar-refractivity contribution in [2.24, 2.45) is 17.3 Å². The summed E-state index contributed by atoms with van der Waals surface area (Å²) in [5.74, 6) is 2.89. The Hall–Kier alpha value is 0.310. The van der Waals surface area contributed by atoms with Crippen molar-refractivity contribution in [1.29, 1.82) is 0 Å². The maximum Gasteiger partial charge on any atom is 0.00459 e. The average Bonchev–Trinajstić information content (AvgIpc) is 2.69. The Kier molecular flexibility index (Phi) is 5.44. The first-order valence-corrected chi connectivity index (χ1v) is 8.62. The molecule has 1 aliphatic carbocycles. The van der Waals surface area contributed by atoms with E-state index >= 15 is 0 Å². The van der Waals surface area contributed by atoms with E-state index in [2.05, 4.69) is 18.7 Å². The first-order valence-electron chi connectivity index (χ1n) is 7.98. The quantitative estimate of drug-likeness (QED) is 0.590. The third-order valence-electron chi connectivity index (χ3n) is 5.31. The maximum absolute atomic E-state index is 4.71. The predicted octanol–water partition coefficient (Wildman–Crippen LogP) is 4.23. The molecule has 1 heterocycles. The first kappa shape index (κ1) is 14.7. The molecule has 1 nitrogen and oxygen atoms in total. The largest absolute Gasteiger partial charge is 0.302 e. The molecule has 0 radical (unpaired) electrons. The Morgan fingerprint density at radius 2 is 1.83 bits per heavy atom. The summed E-state index contributed by atoms with van der Waals surface area (Å²) >= 11 is 4.71. The van der Waals surface area contributed by atoms with Crippen molar-refractivity contribution in [3.63, 3.8) is 0 Å². The van der Waals surface area contributed by atoms with Gasteiger partial charge >= 0.3 is 0 Å². The molecule has 0 spiro atoms. The van der Waals surface area contributed by atoms with Crippen LogP contribution in [-0.2, 0) is 0 Å². The van der Waals surface area contributed by atoms with Crippen molar-refractivity contribution in [1.82, 2.24) is 4.90 Å². The molecule has 0 bridgehead atoms. The Balaban J connectivity index is 1.90. The highest BCUT2D eigenvalue weighted by Gasteiger charge is 2.34. The summed E-state index contributed by atoms with van der Waals surface area (Å²) in [5, 5.41) is 0. The average molecular weight is 269 g/mol. The second-order valence-electron chi connectivity index (χ2n) is 7.10. The summed E-state index contributed by atoms with van der Waals surface area (Å²) in [5.41, 5.74) is 0.533. The molecule has 0 N–H and O–H groups in total. The van der Waals surface area contributed by atoms with Crippen molar-refractivity contribution >= 4 is 12.6 Å². The van der Waals surface area contributed by atoms with Crippen LogP contribution in [0.2, 0.25) is 0 Å². The third kappa shape index (κ3) is 3.66. The van der Waals surface area contributed by atoms with E-state index in [9.17, 15) is 0 Å². The van der Waals surface area contributed by atoms with Gasteiger partial charge in [-0.2, -0.15) is 12.6 Å². The zero-order valence-corrected chi connectivity index (χ0v) is 13.2. The standard InChI is InChI=1S/C16H31NS/c1-14(2)15-7-10-17(11-15)12-16(13-18)8-5-3-4-6-9-16/h14-15,18H,3-13H2,1-2H3. The van der Waals surface area contributed by atoms with Crippen molar-refractivity contribution in [2.45, 2.75) is 58.8 Å². The Bertz CT molecular complexity index is 243. The van der Waals surface area contributed by atoms with Crippen LogP contribution >= 0.6 is 12.6 Å². The molecule has 18 heavy (non-hydrogen) atoms. The number of rotatable bonds is 4. The van der Waals surface area contributed by atoms with Crippen LogP contribution in [0.1, 0.15) is 58.8 Å². The molecule has 1 atom stereocenters. The molecule has 1 unspecified atom stereocenters. The van der Waals surface area contributed by atoms with Gasteiger partial charge in [-0.25, -0.2) is 0 Å². The zero-order valence-electron chi connectivity index (χ0n) is 12.3. The Labute approximate surface area is 119 Å². The molecule has 2 rings (SSSR count). The molecule has 2 fully saturated rings. The van der Waals surface area contributed by atoms with Crippen LogP contribution in [0, 0.1) is 17.3 Å². The molecular weight excluding hydrogens is 238 g/mol. The summed E-state index contributed by atoms with van der Waals surface area (Å²) < 4.78 is 0. The van der Waals surface area contributed by atoms with Gasteiger partial charge in [0.2, 0.25) is 0 Å². The third-order valence-corrected chi connectivity index (χ3v) is 5.98. The van der Waals surface area contributed by atoms with Gasteiger partial charge in [0.25, 0.3) is 0 Å². The van der Waals surface area contributed by atoms with E-state index in [1.54, 1.807) is 0 Å². The molecule has 106 valence electrons. The van der Waals surface area contributed by atoms with E-state index in [0.29, 0.717) is 5.41 Å². The molecule has 1 saturated heterocycles. The highest BCUT2D eigenvalue weighted by molar-refractivity contribution is 7.80. The number of hydrogen-bond donors (Lipinski definition) is 1. The summed E-state index contributed by atoms with van der Waals surface area (Å²) in [6.07, 6.45) is 10.0. The summed E-state index contributed by atoms with van der Waals surface area (Å²) in [6.45, 7) is 8.76. The van der Waals surface area contributed by atoms with E-state index < -0.39 is 0 Å². The van der Waals surface area contributed by atoms with Gasteiger partial charge in [0.05, 0.1) is 0 Å². The lowest BCUT2D eigenvalue weighted by molar-refractivity contribution is 0.167. The van der Waals surface area contributed by atoms with Crippen molar-refractivity contribution in [2.75, 3.05) is 25.4 Å². The van der Waals surface area contributed by atoms with E-state index in [1.165, 1.54) is 64.6 Å². The SMILES string of the molecule is CC(C)C1CCN(CC2(CS)CCCCCC2)C1. The van der Waals surface area contributed by atoms with Gasteiger partial charge in [0.15, 0.2) is 0 Å². The molecule has 2 aliphatic rings. The Morgan fingerprint density at radius 1 is 1.17 bits per heavy atom. The van der Waals surface area contributed by atoms with Crippen molar-refractivity contribution in [3.05, 3.63) is 0 Å². The topological polar surface area (TPSA) is 3.24 Å². The van der Waals surface area contributed by atoms with Crippen LogP contribution in [0.15, 0.2) is 0 Å². The second-order valence-corrected chi connectivity index (χ2v) is 7.42. The molecule has 1 saturated carbocycles. The van der Waals surface area contributed by atoms with Crippen LogP contribution in [0.4, 0.5) is 0 Å². The van der Waals surface area contributed by atoms with Crippen LogP contribution < -0.4 is 0 Å².